The molecule has 74 valence electrons. The average molecular weight is 191 g/mol. The summed E-state index contributed by atoms with van der Waals surface area (Å²) in [7, 11) is 1.69. The topological polar surface area (TPSA) is 34.4 Å². The molecule has 2 aromatic rings. The van der Waals surface area contributed by atoms with Gasteiger partial charge in [-0.3, -0.25) is 0 Å². The van der Waals surface area contributed by atoms with E-state index in [0.29, 0.717) is 12.4 Å². The summed E-state index contributed by atoms with van der Waals surface area (Å²) in [4.78, 5) is 0. The molecule has 3 heteroatoms. The molecule has 0 fully saturated rings. The number of hydrogen-bond acceptors (Lipinski definition) is 2. The Labute approximate surface area is 82.5 Å². The Bertz CT molecular complexity index is 434. The molecule has 1 aromatic carbocycles. The molecule has 1 heterocycles. The molecule has 0 spiro atoms. The van der Waals surface area contributed by atoms with Crippen molar-refractivity contribution in [1.29, 1.82) is 0 Å². The number of hydrogen-bond donors (Lipinski definition) is 1. The van der Waals surface area contributed by atoms with E-state index in [0.717, 1.165) is 17.4 Å². The van der Waals surface area contributed by atoms with Crippen LogP contribution in [-0.2, 0) is 11.3 Å². The Morgan fingerprint density at radius 1 is 1.36 bits per heavy atom. The highest BCUT2D eigenvalue weighted by Crippen LogP contribution is 2.20. The summed E-state index contributed by atoms with van der Waals surface area (Å²) in [5.74, 6) is 0.307. The molecule has 0 atom stereocenters. The highest BCUT2D eigenvalue weighted by Gasteiger charge is 2.00. The second-order valence-corrected chi connectivity index (χ2v) is 3.25. The van der Waals surface area contributed by atoms with Crippen LogP contribution in [0.3, 0.4) is 0 Å². The lowest BCUT2D eigenvalue weighted by molar-refractivity contribution is 0.188. The first-order valence-corrected chi connectivity index (χ1v) is 4.58. The Morgan fingerprint density at radius 3 is 3.00 bits per heavy atom. The van der Waals surface area contributed by atoms with E-state index in [4.69, 9.17) is 4.74 Å². The summed E-state index contributed by atoms with van der Waals surface area (Å²) in [6.45, 7) is 1.54. The molecule has 0 saturated heterocycles. The van der Waals surface area contributed by atoms with Crippen LogP contribution >= 0.6 is 0 Å². The number of methoxy groups -OCH3 is 1. The monoisotopic (exact) mass is 191 g/mol. The minimum absolute atomic E-state index is 0.307. The van der Waals surface area contributed by atoms with Crippen molar-refractivity contribution in [3.05, 3.63) is 30.5 Å². The molecule has 2 rings (SSSR count). The Balaban J connectivity index is 2.37. The zero-order valence-corrected chi connectivity index (χ0v) is 8.10. The lowest BCUT2D eigenvalue weighted by Crippen LogP contribution is -2.01. The Morgan fingerprint density at radius 2 is 2.21 bits per heavy atom. The van der Waals surface area contributed by atoms with Crippen LogP contribution < -0.4 is 0 Å². The van der Waals surface area contributed by atoms with E-state index in [1.54, 1.807) is 19.2 Å². The number of ether oxygens (including phenoxy) is 1. The second-order valence-electron chi connectivity index (χ2n) is 3.25. The van der Waals surface area contributed by atoms with Crippen LogP contribution in [-0.4, -0.2) is 23.4 Å². The molecular formula is C11H13NO2. The fourth-order valence-electron chi connectivity index (χ4n) is 1.57. The maximum Gasteiger partial charge on any atom is 0.116 e. The number of benzene rings is 1. The smallest absolute Gasteiger partial charge is 0.116 e. The Hall–Kier alpha value is -1.48. The van der Waals surface area contributed by atoms with Gasteiger partial charge in [-0.15, -0.1) is 0 Å². The van der Waals surface area contributed by atoms with Crippen molar-refractivity contribution in [3.63, 3.8) is 0 Å². The molecule has 1 aromatic heterocycles. The number of phenolic OH excluding ortho intramolecular Hbond substituents is 1. The van der Waals surface area contributed by atoms with Gasteiger partial charge in [0.2, 0.25) is 0 Å². The van der Waals surface area contributed by atoms with Crippen molar-refractivity contribution in [2.24, 2.45) is 0 Å². The van der Waals surface area contributed by atoms with E-state index in [1.165, 1.54) is 0 Å². The van der Waals surface area contributed by atoms with E-state index in [2.05, 4.69) is 4.57 Å². The van der Waals surface area contributed by atoms with Gasteiger partial charge >= 0.3 is 0 Å². The first kappa shape index (κ1) is 9.09. The fourth-order valence-corrected chi connectivity index (χ4v) is 1.57. The molecule has 3 nitrogen and oxygen atoms in total. The van der Waals surface area contributed by atoms with Crippen molar-refractivity contribution in [3.8, 4) is 5.75 Å². The van der Waals surface area contributed by atoms with E-state index >= 15 is 0 Å². The summed E-state index contributed by atoms with van der Waals surface area (Å²) in [5.41, 5.74) is 1.12. The molecule has 0 saturated carbocycles. The first-order valence-electron chi connectivity index (χ1n) is 4.58. The van der Waals surface area contributed by atoms with Crippen LogP contribution in [0.4, 0.5) is 0 Å². The SMILES string of the molecule is COCCn1ccc2cc(O)ccc21. The molecule has 0 unspecified atom stereocenters. The fraction of sp³-hybridized carbons (Fsp3) is 0.273. The maximum atomic E-state index is 9.28. The molecule has 0 aliphatic rings. The van der Waals surface area contributed by atoms with Crippen LogP contribution in [0, 0.1) is 0 Å². The number of aromatic nitrogens is 1. The van der Waals surface area contributed by atoms with Gasteiger partial charge in [-0.05, 0) is 24.3 Å². The van der Waals surface area contributed by atoms with E-state index in [9.17, 15) is 5.11 Å². The van der Waals surface area contributed by atoms with E-state index < -0.39 is 0 Å². The average Bonchev–Trinajstić information content (AvgIpc) is 2.57. The number of nitrogens with zero attached hydrogens (tertiary/aromatic N) is 1. The summed E-state index contributed by atoms with van der Waals surface area (Å²) < 4.78 is 7.13. The quantitative estimate of drug-likeness (QED) is 0.805. The maximum absolute atomic E-state index is 9.28. The molecule has 0 radical (unpaired) electrons. The van der Waals surface area contributed by atoms with E-state index in [-0.39, 0.29) is 0 Å². The molecule has 0 aliphatic heterocycles. The van der Waals surface area contributed by atoms with Crippen LogP contribution in [0.5, 0.6) is 5.75 Å². The van der Waals surface area contributed by atoms with Gasteiger partial charge in [0.15, 0.2) is 0 Å². The van der Waals surface area contributed by atoms with Gasteiger partial charge in [0.05, 0.1) is 6.61 Å². The summed E-state index contributed by atoms with van der Waals surface area (Å²) in [5, 5.41) is 10.3. The van der Waals surface area contributed by atoms with Gasteiger partial charge in [0.25, 0.3) is 0 Å². The van der Waals surface area contributed by atoms with Crippen LogP contribution in [0.15, 0.2) is 30.5 Å². The van der Waals surface area contributed by atoms with Gasteiger partial charge < -0.3 is 14.4 Å². The summed E-state index contributed by atoms with van der Waals surface area (Å²) >= 11 is 0. The zero-order chi connectivity index (χ0) is 9.97. The molecule has 0 bridgehead atoms. The lowest BCUT2D eigenvalue weighted by atomic mass is 10.2. The first-order chi connectivity index (χ1) is 6.81. The van der Waals surface area contributed by atoms with Crippen LogP contribution in [0.2, 0.25) is 0 Å². The minimum atomic E-state index is 0.307. The van der Waals surface area contributed by atoms with Gasteiger partial charge in [-0.25, -0.2) is 0 Å². The van der Waals surface area contributed by atoms with Crippen molar-refractivity contribution in [2.75, 3.05) is 13.7 Å². The van der Waals surface area contributed by atoms with Crippen molar-refractivity contribution >= 4 is 10.9 Å². The standard InChI is InChI=1S/C11H13NO2/c1-14-7-6-12-5-4-9-8-10(13)2-3-11(9)12/h2-5,8,13H,6-7H2,1H3. The van der Waals surface area contributed by atoms with Gasteiger partial charge in [-0.1, -0.05) is 0 Å². The van der Waals surface area contributed by atoms with Crippen LogP contribution in [0.1, 0.15) is 0 Å². The molecule has 1 N–H and O–H groups in total. The third-order valence-electron chi connectivity index (χ3n) is 2.29. The Kier molecular flexibility index (Phi) is 2.41. The summed E-state index contributed by atoms with van der Waals surface area (Å²) in [6, 6.07) is 7.37. The minimum Gasteiger partial charge on any atom is -0.508 e. The van der Waals surface area contributed by atoms with Crippen LogP contribution in [0.25, 0.3) is 10.9 Å². The second kappa shape index (κ2) is 3.72. The highest BCUT2D eigenvalue weighted by atomic mass is 16.5. The number of fused-ring (bicyclic) bond motifs is 1. The number of rotatable bonds is 3. The lowest BCUT2D eigenvalue weighted by Gasteiger charge is -2.03. The van der Waals surface area contributed by atoms with Crippen molar-refractivity contribution in [1.82, 2.24) is 4.57 Å². The predicted octanol–water partition coefficient (Wildman–Crippen LogP) is 1.99. The van der Waals surface area contributed by atoms with Crippen molar-refractivity contribution < 1.29 is 9.84 Å². The normalized spacial score (nSPS) is 10.9. The number of aromatic hydroxyl groups is 1. The van der Waals surface area contributed by atoms with Gasteiger partial charge in [0.1, 0.15) is 5.75 Å². The third kappa shape index (κ3) is 1.59. The largest absolute Gasteiger partial charge is 0.508 e. The zero-order valence-electron chi connectivity index (χ0n) is 8.10. The predicted molar refractivity (Wildman–Crippen MR) is 55.5 cm³/mol. The van der Waals surface area contributed by atoms with Gasteiger partial charge in [0, 0.05) is 30.8 Å². The van der Waals surface area contributed by atoms with Crippen molar-refractivity contribution in [2.45, 2.75) is 6.54 Å². The highest BCUT2D eigenvalue weighted by molar-refractivity contribution is 5.81. The summed E-state index contributed by atoms with van der Waals surface area (Å²) in [6.07, 6.45) is 2.00. The number of phenols is 1. The molecule has 14 heavy (non-hydrogen) atoms. The molecule has 0 aliphatic carbocycles. The third-order valence-corrected chi connectivity index (χ3v) is 2.29. The van der Waals surface area contributed by atoms with E-state index in [1.807, 2.05) is 18.3 Å². The molecule has 0 amide bonds. The molecular weight excluding hydrogens is 178 g/mol. The van der Waals surface area contributed by atoms with Gasteiger partial charge in [-0.2, -0.15) is 0 Å².